The summed E-state index contributed by atoms with van der Waals surface area (Å²) in [4.78, 5) is 107. The normalized spacial score (nSPS) is 30.0. The third-order valence-electron chi connectivity index (χ3n) is 12.0. The van der Waals surface area contributed by atoms with Crippen LogP contribution in [0.4, 0.5) is 17.7 Å². The molecule has 422 valence electrons. The van der Waals surface area contributed by atoms with Crippen LogP contribution in [-0.4, -0.2) is 164 Å². The second-order valence-electron chi connectivity index (χ2n) is 16.8. The maximum absolute atomic E-state index is 13.6. The Hall–Kier alpha value is -4.34. The Morgan fingerprint density at radius 2 is 1.42 bits per heavy atom. The monoisotopic (exact) mass is 1200 g/mol. The highest BCUT2D eigenvalue weighted by Gasteiger charge is 2.52. The van der Waals surface area contributed by atoms with Crippen molar-refractivity contribution in [1.82, 2.24) is 53.6 Å². The van der Waals surface area contributed by atoms with Gasteiger partial charge in [0, 0.05) is 27.0 Å². The minimum Gasteiger partial charge on any atom is -0.793 e. The molecule has 0 saturated carbocycles. The van der Waals surface area contributed by atoms with E-state index in [1.54, 1.807) is 7.05 Å². The lowest BCUT2D eigenvalue weighted by molar-refractivity contribution is -0.745. The van der Waals surface area contributed by atoms with Gasteiger partial charge in [0.15, 0.2) is 41.4 Å². The summed E-state index contributed by atoms with van der Waals surface area (Å²) in [7, 11) is -12.7. The van der Waals surface area contributed by atoms with E-state index in [4.69, 9.17) is 60.5 Å². The van der Waals surface area contributed by atoms with E-state index in [0.29, 0.717) is 0 Å². The van der Waals surface area contributed by atoms with Crippen LogP contribution in [-0.2, 0) is 78.4 Å². The fraction of sp³-hybridized carbons (Fsp3) is 0.559. The van der Waals surface area contributed by atoms with Crippen molar-refractivity contribution in [2.24, 2.45) is 7.05 Å². The van der Waals surface area contributed by atoms with E-state index in [1.807, 2.05) is 0 Å². The molecule has 0 bridgehead atoms. The zero-order chi connectivity index (χ0) is 55.7. The van der Waals surface area contributed by atoms with Crippen LogP contribution in [0.25, 0.3) is 33.5 Å². The molecular formula is C34H44N15O22P4S2-3. The van der Waals surface area contributed by atoms with Crippen molar-refractivity contribution in [1.29, 1.82) is 0 Å². The number of hydrogen-bond acceptors (Lipinski definition) is 33. The molecule has 37 nitrogen and oxygen atoms in total. The van der Waals surface area contributed by atoms with Crippen molar-refractivity contribution in [3.63, 3.8) is 0 Å². The number of imidazole rings is 3. The number of aliphatic hydroxyl groups excluding tert-OH is 3. The van der Waals surface area contributed by atoms with Gasteiger partial charge >= 0.3 is 5.65 Å². The Kier molecular flexibility index (Phi) is 16.4. The number of hydrogen-bond donors (Lipinski definition) is 8. The van der Waals surface area contributed by atoms with Crippen molar-refractivity contribution in [2.75, 3.05) is 57.0 Å². The number of phosphoric ester groups is 2. The van der Waals surface area contributed by atoms with Gasteiger partial charge in [0.05, 0.1) is 44.7 Å². The number of methoxy groups -OCH3 is 2. The number of H-pyrrole nitrogens is 2. The van der Waals surface area contributed by atoms with E-state index in [-0.39, 0.29) is 62.6 Å². The molecule has 6 aromatic rings. The molecule has 0 aromatic carbocycles. The average Bonchev–Trinajstić information content (AvgIpc) is 4.21. The summed E-state index contributed by atoms with van der Waals surface area (Å²) in [5.41, 5.74) is 5.15. The van der Waals surface area contributed by atoms with Crippen LogP contribution < -0.4 is 52.0 Å². The Labute approximate surface area is 438 Å². The minimum atomic E-state index is -6.25. The fourth-order valence-corrected chi connectivity index (χ4v) is 16.7. The van der Waals surface area contributed by atoms with Gasteiger partial charge in [0.25, 0.3) is 40.5 Å². The van der Waals surface area contributed by atoms with Crippen molar-refractivity contribution >= 4 is 104 Å². The molecule has 0 spiro atoms. The number of aryl methyl sites for hydroxylation is 1. The summed E-state index contributed by atoms with van der Waals surface area (Å²) in [5.74, 6) is -0.812. The molecule has 6 aromatic heterocycles. The lowest BCUT2D eigenvalue weighted by Gasteiger charge is -2.37. The standard InChI is InChI=1S/C34H47N15O22P4S2/c1-37-24-15-25(39-8-38-24)47(9-40-15)32-23(63-4)22(69-72(55,56)64-5-12-18(50)19(51)30(66-12)48-10-41-16-26(48)42-33(35)44-28(16)53)13(67-32)6-65-73(57,58)70-74(59,60)71-75(61,76)77-7-14-21(62-3)20(52)31(68-14)49-11-46(2)17-27(49)43-34(36)45-29(17)54/h8-14,18-23,30-32,50-52H,5-7H2,1-4H3,(H10-,35,36,37,38,39,42,43,44,45,53,54,55,56,57,58,59,60,61,76)/p-3/t12-,13-,14-,18?,19+,20?,21+,22?,23+,30-,31-,32-,75?/m1/s1. The maximum Gasteiger partial charge on any atom is 0.313 e. The van der Waals surface area contributed by atoms with Crippen LogP contribution in [0.5, 0.6) is 0 Å². The van der Waals surface area contributed by atoms with Gasteiger partial charge in [-0.05, 0) is 0 Å². The summed E-state index contributed by atoms with van der Waals surface area (Å²) in [5, 5.41) is 35.7. The molecule has 3 fully saturated rings. The average molecular weight is 1200 g/mol. The van der Waals surface area contributed by atoms with E-state index in [2.05, 4.69) is 53.8 Å². The largest absolute Gasteiger partial charge is 0.793 e. The lowest BCUT2D eigenvalue weighted by Crippen LogP contribution is -2.46. The Morgan fingerprint density at radius 1 is 0.779 bits per heavy atom. The van der Waals surface area contributed by atoms with Gasteiger partial charge in [-0.3, -0.25) is 51.3 Å². The molecule has 3 aliphatic rings. The van der Waals surface area contributed by atoms with Crippen LogP contribution in [0, 0.1) is 0 Å². The highest BCUT2D eigenvalue weighted by Crippen LogP contribution is 2.67. The van der Waals surface area contributed by atoms with E-state index in [0.717, 1.165) is 24.3 Å². The van der Waals surface area contributed by atoms with Gasteiger partial charge in [-0.25, -0.2) is 28.8 Å². The molecule has 0 radical (unpaired) electrons. The molecule has 3 aliphatic heterocycles. The SMILES string of the molecule is CNc1ncnc2c1ncn2[C@@H]1O[C@H](COP(=O)([O-])OP(=O)([O-])OP([O-])(=S)SC[C@H]2O[C@@H]([n+]3cn(C)c4c(=O)[nH]c(N)nc43)C(O)[C@H]2OC)C(OP(=O)([O-])OC[C@H]2O[C@@H](n3cnc4c(=O)[nH]c(N)nc43)[C@@H](O)C2O)[C@@H]1OC. The second-order valence-corrected chi connectivity index (χ2v) is 27.4. The molecule has 16 atom stereocenters. The lowest BCUT2D eigenvalue weighted by atomic mass is 10.1. The molecule has 7 unspecified atom stereocenters. The van der Waals surface area contributed by atoms with Crippen LogP contribution in [0.2, 0.25) is 0 Å². The number of nitrogens with one attached hydrogen (secondary N) is 3. The van der Waals surface area contributed by atoms with Gasteiger partial charge in [0.1, 0.15) is 60.7 Å². The quantitative estimate of drug-likeness (QED) is 0.0246. The number of fused-ring (bicyclic) bond motifs is 3. The smallest absolute Gasteiger partial charge is 0.313 e. The molecule has 3 saturated heterocycles. The number of aliphatic hydroxyl groups is 3. The molecule has 9 heterocycles. The molecule has 43 heteroatoms. The molecule has 77 heavy (non-hydrogen) atoms. The van der Waals surface area contributed by atoms with E-state index >= 15 is 0 Å². The van der Waals surface area contributed by atoms with Gasteiger partial charge in [-0.1, -0.05) is 16.8 Å². The first-order valence-corrected chi connectivity index (χ1v) is 30.5. The van der Waals surface area contributed by atoms with E-state index in [1.165, 1.54) is 40.5 Å². The molecule has 0 aliphatic carbocycles. The van der Waals surface area contributed by atoms with Gasteiger partial charge in [0.2, 0.25) is 17.7 Å². The van der Waals surface area contributed by atoms with E-state index in [9.17, 15) is 58.2 Å². The first kappa shape index (κ1) is 57.3. The van der Waals surface area contributed by atoms with Crippen molar-refractivity contribution in [2.45, 2.75) is 73.6 Å². The zero-order valence-corrected chi connectivity index (χ0v) is 44.9. The third kappa shape index (κ3) is 11.7. The number of aromatic nitrogens is 12. The number of phosphoric acid groups is 3. The Balaban J connectivity index is 0.872. The molecule has 10 N–H and O–H groups in total. The van der Waals surface area contributed by atoms with Crippen LogP contribution in [0.1, 0.15) is 18.7 Å². The van der Waals surface area contributed by atoms with Gasteiger partial charge < -0.3 is 88.9 Å². The zero-order valence-electron chi connectivity index (χ0n) is 39.7. The summed E-state index contributed by atoms with van der Waals surface area (Å²) in [6.45, 7) is -2.32. The predicted molar refractivity (Wildman–Crippen MR) is 253 cm³/mol. The van der Waals surface area contributed by atoms with Gasteiger partial charge in [-0.15, -0.1) is 11.4 Å². The number of ether oxygens (including phenoxy) is 5. The number of nitrogens with zero attached hydrogens (tertiary/aromatic N) is 10. The maximum atomic E-state index is 13.6. The summed E-state index contributed by atoms with van der Waals surface area (Å²) in [6, 6.07) is 0. The van der Waals surface area contributed by atoms with Crippen LogP contribution in [0.3, 0.4) is 0 Å². The first-order chi connectivity index (χ1) is 36.2. The molecule has 9 rings (SSSR count). The topological polar surface area (TPSA) is 522 Å². The highest BCUT2D eigenvalue weighted by molar-refractivity contribution is 8.67. The summed E-state index contributed by atoms with van der Waals surface area (Å²) < 4.78 is 97.6. The van der Waals surface area contributed by atoms with Crippen molar-refractivity contribution in [3.05, 3.63) is 46.0 Å². The molecule has 0 amide bonds. The first-order valence-electron chi connectivity index (χ1n) is 21.9. The van der Waals surface area contributed by atoms with Crippen molar-refractivity contribution < 1.29 is 99.0 Å². The summed E-state index contributed by atoms with van der Waals surface area (Å²) >= 11 is 5.05. The molecular weight excluding hydrogens is 1160 g/mol. The van der Waals surface area contributed by atoms with E-state index < -0.39 is 133 Å². The van der Waals surface area contributed by atoms with Crippen LogP contribution >= 0.6 is 40.5 Å². The Morgan fingerprint density at radius 3 is 2.12 bits per heavy atom. The number of anilines is 3. The Bertz CT molecular complexity index is 3520. The highest BCUT2D eigenvalue weighted by atomic mass is 32.9. The number of nitrogen functional groups attached to an aromatic ring is 2. The summed E-state index contributed by atoms with van der Waals surface area (Å²) in [6.07, 6.45) is -13.9. The number of aromatic amines is 2. The second kappa shape index (κ2) is 22.0. The number of rotatable bonds is 21. The van der Waals surface area contributed by atoms with Crippen LogP contribution in [0.15, 0.2) is 34.9 Å². The minimum absolute atomic E-state index is 0.00869. The predicted octanol–water partition coefficient (Wildman–Crippen LogP) is -5.29. The fourth-order valence-electron chi connectivity index (χ4n) is 8.70. The van der Waals surface area contributed by atoms with Crippen molar-refractivity contribution in [3.8, 4) is 0 Å². The third-order valence-corrected chi connectivity index (χ3v) is 20.9. The number of nitrogens with two attached hydrogens (primary N) is 2. The van der Waals surface area contributed by atoms with Gasteiger partial charge in [-0.2, -0.15) is 4.98 Å².